The van der Waals surface area contributed by atoms with Crippen LogP contribution < -0.4 is 5.73 Å². The van der Waals surface area contributed by atoms with E-state index in [0.29, 0.717) is 16.3 Å². The van der Waals surface area contributed by atoms with Gasteiger partial charge in [0.2, 0.25) is 9.84 Å². The molecular formula is C17H21NO2S. The first-order valence-electron chi connectivity index (χ1n) is 6.90. The van der Waals surface area contributed by atoms with E-state index in [1.807, 2.05) is 12.1 Å². The van der Waals surface area contributed by atoms with Crippen molar-refractivity contribution >= 4 is 9.84 Å². The molecule has 0 aliphatic rings. The smallest absolute Gasteiger partial charge is 0.206 e. The number of hydrogen-bond donors (Lipinski definition) is 1. The summed E-state index contributed by atoms with van der Waals surface area (Å²) < 4.78 is 25.1. The lowest BCUT2D eigenvalue weighted by Gasteiger charge is -2.19. The maximum absolute atomic E-state index is 12.6. The van der Waals surface area contributed by atoms with E-state index in [1.165, 1.54) is 0 Å². The van der Waals surface area contributed by atoms with Gasteiger partial charge in [-0.05, 0) is 40.8 Å². The van der Waals surface area contributed by atoms with Crippen LogP contribution in [0.5, 0.6) is 0 Å². The SMILES string of the molecule is CC(C)(C)c1ccc(S(=O)(=O)c2ccc(CN)cc2)cc1. The van der Waals surface area contributed by atoms with Gasteiger partial charge in [0.15, 0.2) is 0 Å². The molecule has 2 rings (SSSR count). The Kier molecular flexibility index (Phi) is 4.21. The molecule has 4 heteroatoms. The third kappa shape index (κ3) is 3.34. The van der Waals surface area contributed by atoms with Crippen LogP contribution in [0.1, 0.15) is 31.9 Å². The van der Waals surface area contributed by atoms with E-state index in [9.17, 15) is 8.42 Å². The van der Waals surface area contributed by atoms with Gasteiger partial charge in [-0.3, -0.25) is 0 Å². The fourth-order valence-electron chi connectivity index (χ4n) is 2.07. The van der Waals surface area contributed by atoms with Gasteiger partial charge >= 0.3 is 0 Å². The summed E-state index contributed by atoms with van der Waals surface area (Å²) in [6, 6.07) is 13.8. The Bertz CT molecular complexity index is 709. The number of hydrogen-bond acceptors (Lipinski definition) is 3. The Hall–Kier alpha value is -1.65. The summed E-state index contributed by atoms with van der Waals surface area (Å²) in [6.07, 6.45) is 0. The van der Waals surface area contributed by atoms with Crippen LogP contribution in [-0.2, 0) is 21.8 Å². The zero-order chi connectivity index (χ0) is 15.7. The van der Waals surface area contributed by atoms with E-state index in [1.54, 1.807) is 36.4 Å². The van der Waals surface area contributed by atoms with Gasteiger partial charge in [-0.2, -0.15) is 0 Å². The molecule has 0 saturated heterocycles. The molecule has 0 aromatic heterocycles. The first-order valence-corrected chi connectivity index (χ1v) is 8.38. The zero-order valence-electron chi connectivity index (χ0n) is 12.6. The molecule has 0 radical (unpaired) electrons. The number of sulfone groups is 1. The summed E-state index contributed by atoms with van der Waals surface area (Å²) in [5, 5.41) is 0. The molecule has 0 aliphatic heterocycles. The average Bonchev–Trinajstić information content (AvgIpc) is 2.46. The lowest BCUT2D eigenvalue weighted by atomic mass is 9.87. The highest BCUT2D eigenvalue weighted by molar-refractivity contribution is 7.91. The summed E-state index contributed by atoms with van der Waals surface area (Å²) in [6.45, 7) is 6.70. The lowest BCUT2D eigenvalue weighted by Crippen LogP contribution is -2.11. The summed E-state index contributed by atoms with van der Waals surface area (Å²) >= 11 is 0. The van der Waals surface area contributed by atoms with Crippen molar-refractivity contribution in [2.45, 2.75) is 42.5 Å². The van der Waals surface area contributed by atoms with E-state index < -0.39 is 9.84 Å². The van der Waals surface area contributed by atoms with Crippen molar-refractivity contribution in [1.29, 1.82) is 0 Å². The largest absolute Gasteiger partial charge is 0.326 e. The molecule has 112 valence electrons. The zero-order valence-corrected chi connectivity index (χ0v) is 13.4. The third-order valence-corrected chi connectivity index (χ3v) is 5.29. The second-order valence-corrected chi connectivity index (χ2v) is 8.08. The third-order valence-electron chi connectivity index (χ3n) is 3.50. The van der Waals surface area contributed by atoms with Gasteiger partial charge in [-0.15, -0.1) is 0 Å². The second kappa shape index (κ2) is 5.62. The molecule has 2 N–H and O–H groups in total. The van der Waals surface area contributed by atoms with Gasteiger partial charge in [-0.25, -0.2) is 8.42 Å². The molecule has 2 aromatic rings. The van der Waals surface area contributed by atoms with Crippen LogP contribution in [0.15, 0.2) is 58.3 Å². The van der Waals surface area contributed by atoms with Gasteiger partial charge in [0.25, 0.3) is 0 Å². The Morgan fingerprint density at radius 3 is 1.67 bits per heavy atom. The summed E-state index contributed by atoms with van der Waals surface area (Å²) in [5.74, 6) is 0. The van der Waals surface area contributed by atoms with Crippen LogP contribution >= 0.6 is 0 Å². The van der Waals surface area contributed by atoms with Crippen LogP contribution in [0.25, 0.3) is 0 Å². The fraction of sp³-hybridized carbons (Fsp3) is 0.294. The van der Waals surface area contributed by atoms with E-state index >= 15 is 0 Å². The normalized spacial score (nSPS) is 12.4. The van der Waals surface area contributed by atoms with Crippen LogP contribution in [0, 0.1) is 0 Å². The maximum Gasteiger partial charge on any atom is 0.206 e. The fourth-order valence-corrected chi connectivity index (χ4v) is 3.34. The molecule has 0 spiro atoms. The van der Waals surface area contributed by atoms with Crippen LogP contribution in [0.4, 0.5) is 0 Å². The second-order valence-electron chi connectivity index (χ2n) is 6.13. The lowest BCUT2D eigenvalue weighted by molar-refractivity contribution is 0.586. The molecule has 0 unspecified atom stereocenters. The van der Waals surface area contributed by atoms with Crippen molar-refractivity contribution in [2.24, 2.45) is 5.73 Å². The Morgan fingerprint density at radius 2 is 1.29 bits per heavy atom. The van der Waals surface area contributed by atoms with Gasteiger partial charge in [0, 0.05) is 6.54 Å². The molecule has 3 nitrogen and oxygen atoms in total. The summed E-state index contributed by atoms with van der Waals surface area (Å²) in [4.78, 5) is 0.610. The molecule has 0 bridgehead atoms. The first-order chi connectivity index (χ1) is 9.75. The molecule has 0 atom stereocenters. The van der Waals surface area contributed by atoms with Crippen molar-refractivity contribution in [3.63, 3.8) is 0 Å². The average molecular weight is 303 g/mol. The molecule has 0 aliphatic carbocycles. The number of rotatable bonds is 3. The molecule has 21 heavy (non-hydrogen) atoms. The number of benzene rings is 2. The standard InChI is InChI=1S/C17H21NO2S/c1-17(2,3)14-6-10-16(11-7-14)21(19,20)15-8-4-13(12-18)5-9-15/h4-11H,12,18H2,1-3H3. The van der Waals surface area contributed by atoms with Gasteiger partial charge in [0.1, 0.15) is 0 Å². The minimum Gasteiger partial charge on any atom is -0.326 e. The van der Waals surface area contributed by atoms with E-state index in [0.717, 1.165) is 11.1 Å². The molecule has 0 saturated carbocycles. The monoisotopic (exact) mass is 303 g/mol. The van der Waals surface area contributed by atoms with E-state index in [2.05, 4.69) is 20.8 Å². The molecular weight excluding hydrogens is 282 g/mol. The van der Waals surface area contributed by atoms with Gasteiger partial charge in [0.05, 0.1) is 9.79 Å². The summed E-state index contributed by atoms with van der Waals surface area (Å²) in [7, 11) is -3.47. The topological polar surface area (TPSA) is 60.2 Å². The molecule has 2 aromatic carbocycles. The predicted molar refractivity (Wildman–Crippen MR) is 84.9 cm³/mol. The Morgan fingerprint density at radius 1 is 0.857 bits per heavy atom. The van der Waals surface area contributed by atoms with Gasteiger partial charge in [-0.1, -0.05) is 45.0 Å². The van der Waals surface area contributed by atoms with Crippen molar-refractivity contribution in [1.82, 2.24) is 0 Å². The minimum atomic E-state index is -3.47. The van der Waals surface area contributed by atoms with Crippen molar-refractivity contribution in [3.8, 4) is 0 Å². The highest BCUT2D eigenvalue weighted by atomic mass is 32.2. The number of nitrogens with two attached hydrogens (primary N) is 1. The quantitative estimate of drug-likeness (QED) is 0.946. The molecule has 0 fully saturated rings. The van der Waals surface area contributed by atoms with Crippen molar-refractivity contribution in [2.75, 3.05) is 0 Å². The van der Waals surface area contributed by atoms with Crippen LogP contribution in [-0.4, -0.2) is 8.42 Å². The molecule has 0 heterocycles. The highest BCUT2D eigenvalue weighted by Crippen LogP contribution is 2.26. The predicted octanol–water partition coefficient (Wildman–Crippen LogP) is 3.28. The van der Waals surface area contributed by atoms with E-state index in [-0.39, 0.29) is 5.41 Å². The summed E-state index contributed by atoms with van der Waals surface area (Å²) in [5.41, 5.74) is 7.56. The first kappa shape index (κ1) is 15.7. The maximum atomic E-state index is 12.6. The van der Waals surface area contributed by atoms with E-state index in [4.69, 9.17) is 5.73 Å². The Labute approximate surface area is 126 Å². The van der Waals surface area contributed by atoms with Gasteiger partial charge < -0.3 is 5.73 Å². The van der Waals surface area contributed by atoms with Crippen molar-refractivity contribution < 1.29 is 8.42 Å². The Balaban J connectivity index is 2.39. The van der Waals surface area contributed by atoms with Crippen LogP contribution in [0.2, 0.25) is 0 Å². The van der Waals surface area contributed by atoms with Crippen LogP contribution in [0.3, 0.4) is 0 Å². The molecule has 0 amide bonds. The highest BCUT2D eigenvalue weighted by Gasteiger charge is 2.19. The minimum absolute atomic E-state index is 0.00503. The van der Waals surface area contributed by atoms with Crippen molar-refractivity contribution in [3.05, 3.63) is 59.7 Å².